The number of benzene rings is 1. The van der Waals surface area contributed by atoms with E-state index in [1.165, 1.54) is 17.0 Å². The second-order valence-electron chi connectivity index (χ2n) is 5.24. The summed E-state index contributed by atoms with van der Waals surface area (Å²) in [7, 11) is 1.48. The lowest BCUT2D eigenvalue weighted by Gasteiger charge is -2.17. The Hall–Kier alpha value is -1.28. The number of hydrogen-bond donors (Lipinski definition) is 0. The predicted molar refractivity (Wildman–Crippen MR) is 74.6 cm³/mol. The molecule has 122 valence electrons. The van der Waals surface area contributed by atoms with Gasteiger partial charge in [-0.2, -0.15) is 13.2 Å². The third-order valence-electron chi connectivity index (χ3n) is 3.38. The van der Waals surface area contributed by atoms with Gasteiger partial charge < -0.3 is 4.90 Å². The lowest BCUT2D eigenvalue weighted by molar-refractivity contribution is -0.137. The zero-order chi connectivity index (χ0) is 16.5. The van der Waals surface area contributed by atoms with E-state index in [2.05, 4.69) is 0 Å². The first kappa shape index (κ1) is 17.1. The number of rotatable bonds is 4. The topological polar surface area (TPSA) is 54.5 Å². The molecular weight excluding hydrogens is 343 g/mol. The van der Waals surface area contributed by atoms with E-state index in [1.54, 1.807) is 0 Å². The van der Waals surface area contributed by atoms with Gasteiger partial charge in [0.15, 0.2) is 0 Å². The van der Waals surface area contributed by atoms with Crippen molar-refractivity contribution in [2.75, 3.05) is 12.3 Å². The third-order valence-corrected chi connectivity index (χ3v) is 4.63. The zero-order valence-corrected chi connectivity index (χ0v) is 12.9. The largest absolute Gasteiger partial charge is 0.416 e. The molecule has 0 aromatic heterocycles. The third kappa shape index (κ3) is 4.61. The molecule has 0 radical (unpaired) electrons. The Morgan fingerprint density at radius 2 is 1.82 bits per heavy atom. The molecule has 1 unspecified atom stereocenters. The fourth-order valence-electron chi connectivity index (χ4n) is 2.42. The van der Waals surface area contributed by atoms with Gasteiger partial charge in [0.25, 0.3) is 0 Å². The fourth-order valence-corrected chi connectivity index (χ4v) is 3.74. The summed E-state index contributed by atoms with van der Waals surface area (Å²) >= 11 is 0. The molecule has 1 fully saturated rings. The standard InChI is InChI=1S/C13H13ClF3NO3S/c14-22(20,21)8-10-5-12(19)18(7-10)6-9-1-3-11(4-2-9)13(15,16)17/h1-4,10H,5-8H2. The molecule has 1 saturated heterocycles. The van der Waals surface area contributed by atoms with Crippen molar-refractivity contribution in [3.8, 4) is 0 Å². The van der Waals surface area contributed by atoms with Gasteiger partial charge in [-0.15, -0.1) is 0 Å². The van der Waals surface area contributed by atoms with E-state index in [9.17, 15) is 26.4 Å². The molecule has 1 aromatic carbocycles. The number of carbonyl (C=O) groups excluding carboxylic acids is 1. The monoisotopic (exact) mass is 355 g/mol. The van der Waals surface area contributed by atoms with E-state index < -0.39 is 20.8 Å². The summed E-state index contributed by atoms with van der Waals surface area (Å²) in [4.78, 5) is 13.2. The predicted octanol–water partition coefficient (Wildman–Crippen LogP) is 2.62. The Balaban J connectivity index is 2.01. The maximum Gasteiger partial charge on any atom is 0.416 e. The van der Waals surface area contributed by atoms with Crippen LogP contribution in [0.25, 0.3) is 0 Å². The number of amides is 1. The van der Waals surface area contributed by atoms with Gasteiger partial charge in [0.05, 0.1) is 11.3 Å². The van der Waals surface area contributed by atoms with Crippen LogP contribution >= 0.6 is 10.7 Å². The number of hydrogen-bond acceptors (Lipinski definition) is 3. The van der Waals surface area contributed by atoms with Crippen molar-refractivity contribution >= 4 is 25.6 Å². The lowest BCUT2D eigenvalue weighted by atomic mass is 10.1. The lowest BCUT2D eigenvalue weighted by Crippen LogP contribution is -2.25. The van der Waals surface area contributed by atoms with Crippen molar-refractivity contribution in [1.82, 2.24) is 4.90 Å². The van der Waals surface area contributed by atoms with Crippen LogP contribution in [-0.2, 0) is 26.6 Å². The van der Waals surface area contributed by atoms with Crippen LogP contribution in [0.2, 0.25) is 0 Å². The van der Waals surface area contributed by atoms with Crippen LogP contribution in [-0.4, -0.2) is 31.5 Å². The molecule has 0 bridgehead atoms. The van der Waals surface area contributed by atoms with Crippen LogP contribution in [0.3, 0.4) is 0 Å². The SMILES string of the molecule is O=C1CC(CS(=O)(=O)Cl)CN1Cc1ccc(C(F)(F)F)cc1. The quantitative estimate of drug-likeness (QED) is 0.780. The molecule has 9 heteroatoms. The molecule has 1 aliphatic rings. The summed E-state index contributed by atoms with van der Waals surface area (Å²) in [5.74, 6) is -0.904. The Kier molecular flexibility index (Phi) is 4.72. The highest BCUT2D eigenvalue weighted by Gasteiger charge is 2.33. The van der Waals surface area contributed by atoms with Gasteiger partial charge in [-0.3, -0.25) is 4.79 Å². The molecule has 1 atom stereocenters. The number of carbonyl (C=O) groups is 1. The molecule has 0 saturated carbocycles. The summed E-state index contributed by atoms with van der Waals surface area (Å²) in [6, 6.07) is 4.52. The molecule has 22 heavy (non-hydrogen) atoms. The first-order valence-electron chi connectivity index (χ1n) is 6.41. The van der Waals surface area contributed by atoms with Crippen molar-refractivity contribution in [3.63, 3.8) is 0 Å². The maximum atomic E-state index is 12.5. The minimum Gasteiger partial charge on any atom is -0.338 e. The molecule has 2 rings (SSSR count). The Morgan fingerprint density at radius 3 is 2.32 bits per heavy atom. The Morgan fingerprint density at radius 1 is 1.23 bits per heavy atom. The molecule has 1 aliphatic heterocycles. The Labute approximate surface area is 130 Å². The van der Waals surface area contributed by atoms with Crippen LogP contribution in [0.5, 0.6) is 0 Å². The molecule has 1 heterocycles. The van der Waals surface area contributed by atoms with Crippen molar-refractivity contribution in [3.05, 3.63) is 35.4 Å². The smallest absolute Gasteiger partial charge is 0.338 e. The van der Waals surface area contributed by atoms with Crippen molar-refractivity contribution in [2.24, 2.45) is 5.92 Å². The van der Waals surface area contributed by atoms with E-state index in [0.29, 0.717) is 5.56 Å². The number of alkyl halides is 3. The van der Waals surface area contributed by atoms with E-state index >= 15 is 0 Å². The van der Waals surface area contributed by atoms with Gasteiger partial charge in [-0.25, -0.2) is 8.42 Å². The zero-order valence-electron chi connectivity index (χ0n) is 11.3. The Bertz CT molecular complexity index is 658. The summed E-state index contributed by atoms with van der Waals surface area (Å²) in [6.45, 7) is 0.377. The minimum atomic E-state index is -4.40. The van der Waals surface area contributed by atoms with Crippen LogP contribution in [0.1, 0.15) is 17.5 Å². The van der Waals surface area contributed by atoms with Crippen LogP contribution in [0.4, 0.5) is 13.2 Å². The molecule has 0 N–H and O–H groups in total. The van der Waals surface area contributed by atoms with E-state index in [0.717, 1.165) is 12.1 Å². The van der Waals surface area contributed by atoms with Crippen molar-refractivity contribution in [2.45, 2.75) is 19.1 Å². The minimum absolute atomic E-state index is 0.0760. The van der Waals surface area contributed by atoms with Gasteiger partial charge in [-0.1, -0.05) is 12.1 Å². The summed E-state index contributed by atoms with van der Waals surface area (Å²) in [5, 5.41) is 0. The molecule has 0 spiro atoms. The number of nitrogens with zero attached hydrogens (tertiary/aromatic N) is 1. The average Bonchev–Trinajstić information content (AvgIpc) is 2.66. The van der Waals surface area contributed by atoms with Gasteiger partial charge >= 0.3 is 6.18 Å². The summed E-state index contributed by atoms with van der Waals surface area (Å²) in [6.07, 6.45) is -4.33. The maximum absolute atomic E-state index is 12.5. The van der Waals surface area contributed by atoms with Crippen molar-refractivity contribution < 1.29 is 26.4 Å². The van der Waals surface area contributed by atoms with Gasteiger partial charge in [0.1, 0.15) is 0 Å². The fraction of sp³-hybridized carbons (Fsp3) is 0.462. The second kappa shape index (κ2) is 6.08. The molecule has 0 aliphatic carbocycles. The first-order chi connectivity index (χ1) is 10.0. The number of likely N-dealkylation sites (tertiary alicyclic amines) is 1. The van der Waals surface area contributed by atoms with Gasteiger partial charge in [0.2, 0.25) is 15.0 Å². The van der Waals surface area contributed by atoms with Crippen LogP contribution < -0.4 is 0 Å². The second-order valence-corrected chi connectivity index (χ2v) is 8.07. The molecular formula is C13H13ClF3NO3S. The van der Waals surface area contributed by atoms with E-state index in [-0.39, 0.29) is 37.1 Å². The van der Waals surface area contributed by atoms with Gasteiger partial charge in [-0.05, 0) is 17.7 Å². The number of halogens is 4. The van der Waals surface area contributed by atoms with Crippen LogP contribution in [0.15, 0.2) is 24.3 Å². The first-order valence-corrected chi connectivity index (χ1v) is 8.89. The van der Waals surface area contributed by atoms with Crippen molar-refractivity contribution in [1.29, 1.82) is 0 Å². The van der Waals surface area contributed by atoms with Gasteiger partial charge in [0, 0.05) is 36.1 Å². The molecule has 4 nitrogen and oxygen atoms in total. The van der Waals surface area contributed by atoms with E-state index in [1.807, 2.05) is 0 Å². The highest BCUT2D eigenvalue weighted by molar-refractivity contribution is 8.13. The van der Waals surface area contributed by atoms with Crippen LogP contribution in [0, 0.1) is 5.92 Å². The normalized spacial score (nSPS) is 19.7. The molecule has 1 amide bonds. The average molecular weight is 356 g/mol. The highest BCUT2D eigenvalue weighted by atomic mass is 35.7. The highest BCUT2D eigenvalue weighted by Crippen LogP contribution is 2.29. The summed E-state index contributed by atoms with van der Waals surface area (Å²) < 4.78 is 59.4. The molecule has 1 aromatic rings. The summed E-state index contributed by atoms with van der Waals surface area (Å²) in [5.41, 5.74) is -0.203. The van der Waals surface area contributed by atoms with E-state index in [4.69, 9.17) is 10.7 Å².